The van der Waals surface area contributed by atoms with Crippen LogP contribution in [-0.4, -0.2) is 12.5 Å². The fourth-order valence-corrected chi connectivity index (χ4v) is 2.06. The first-order valence-electron chi connectivity index (χ1n) is 7.13. The molecule has 0 aliphatic rings. The second-order valence-corrected chi connectivity index (χ2v) is 6.56. The van der Waals surface area contributed by atoms with E-state index in [0.29, 0.717) is 16.5 Å². The average Bonchev–Trinajstić information content (AvgIpc) is 2.47. The van der Waals surface area contributed by atoms with Crippen molar-refractivity contribution < 1.29 is 9.53 Å². The molecule has 0 spiro atoms. The fraction of sp³-hybridized carbons (Fsp3) is 0.278. The zero-order chi connectivity index (χ0) is 16.2. The summed E-state index contributed by atoms with van der Waals surface area (Å²) >= 11 is 5.80. The van der Waals surface area contributed by atoms with E-state index in [1.807, 2.05) is 18.2 Å². The zero-order valence-electron chi connectivity index (χ0n) is 13.0. The molecule has 0 bridgehead atoms. The third kappa shape index (κ3) is 4.78. The van der Waals surface area contributed by atoms with Gasteiger partial charge in [0.2, 0.25) is 0 Å². The van der Waals surface area contributed by atoms with Crippen LogP contribution in [-0.2, 0) is 10.2 Å². The zero-order valence-corrected chi connectivity index (χ0v) is 13.8. The van der Waals surface area contributed by atoms with Gasteiger partial charge in [0.05, 0.1) is 0 Å². The Morgan fingerprint density at radius 2 is 1.82 bits per heavy atom. The summed E-state index contributed by atoms with van der Waals surface area (Å²) in [6, 6.07) is 14.8. The van der Waals surface area contributed by atoms with E-state index in [4.69, 9.17) is 16.3 Å². The van der Waals surface area contributed by atoms with Crippen molar-refractivity contribution in [3.05, 3.63) is 59.1 Å². The maximum atomic E-state index is 11.9. The third-order valence-corrected chi connectivity index (χ3v) is 3.45. The Labute approximate surface area is 136 Å². The third-order valence-electron chi connectivity index (χ3n) is 3.20. The van der Waals surface area contributed by atoms with Crippen LogP contribution in [0.25, 0.3) is 0 Å². The van der Waals surface area contributed by atoms with Crippen LogP contribution in [0.15, 0.2) is 48.5 Å². The summed E-state index contributed by atoms with van der Waals surface area (Å²) in [7, 11) is 0. The second-order valence-electron chi connectivity index (χ2n) is 6.12. The number of hydrogen-bond donors (Lipinski definition) is 1. The van der Waals surface area contributed by atoms with Crippen molar-refractivity contribution in [1.29, 1.82) is 0 Å². The molecule has 2 rings (SSSR count). The summed E-state index contributed by atoms with van der Waals surface area (Å²) in [5.41, 5.74) is 1.91. The molecule has 0 unspecified atom stereocenters. The van der Waals surface area contributed by atoms with Crippen LogP contribution >= 0.6 is 11.6 Å². The van der Waals surface area contributed by atoms with Gasteiger partial charge in [-0.2, -0.15) is 0 Å². The molecule has 1 N–H and O–H groups in total. The van der Waals surface area contributed by atoms with Crippen LogP contribution in [0.5, 0.6) is 5.75 Å². The van der Waals surface area contributed by atoms with Gasteiger partial charge in [0.25, 0.3) is 5.91 Å². The molecule has 116 valence electrons. The summed E-state index contributed by atoms with van der Waals surface area (Å²) in [4.78, 5) is 11.9. The predicted octanol–water partition coefficient (Wildman–Crippen LogP) is 4.66. The predicted molar refractivity (Wildman–Crippen MR) is 90.7 cm³/mol. The van der Waals surface area contributed by atoms with Gasteiger partial charge in [-0.15, -0.1) is 0 Å². The molecule has 0 fully saturated rings. The van der Waals surface area contributed by atoms with Crippen LogP contribution in [0.2, 0.25) is 5.02 Å². The lowest BCUT2D eigenvalue weighted by atomic mass is 9.87. The maximum Gasteiger partial charge on any atom is 0.262 e. The number of hydrogen-bond acceptors (Lipinski definition) is 2. The molecular formula is C18H20ClNO2. The molecule has 0 saturated heterocycles. The van der Waals surface area contributed by atoms with Gasteiger partial charge in [0.15, 0.2) is 6.61 Å². The summed E-state index contributed by atoms with van der Waals surface area (Å²) in [5.74, 6) is 0.488. The molecule has 22 heavy (non-hydrogen) atoms. The van der Waals surface area contributed by atoms with E-state index < -0.39 is 0 Å². The van der Waals surface area contributed by atoms with Crippen molar-refractivity contribution in [1.82, 2.24) is 0 Å². The number of rotatable bonds is 4. The van der Waals surface area contributed by atoms with Gasteiger partial charge in [-0.1, -0.05) is 44.5 Å². The van der Waals surface area contributed by atoms with Gasteiger partial charge in [-0.3, -0.25) is 4.79 Å². The summed E-state index contributed by atoms with van der Waals surface area (Å²) < 4.78 is 5.56. The molecule has 4 heteroatoms. The number of carbonyl (C=O) groups is 1. The summed E-state index contributed by atoms with van der Waals surface area (Å²) in [6.07, 6.45) is 0. The minimum absolute atomic E-state index is 0.0315. The molecule has 1 amide bonds. The Bertz CT molecular complexity index is 645. The Morgan fingerprint density at radius 1 is 1.14 bits per heavy atom. The molecule has 0 radical (unpaired) electrons. The van der Waals surface area contributed by atoms with Crippen molar-refractivity contribution in [2.45, 2.75) is 26.2 Å². The number of anilines is 1. The first kappa shape index (κ1) is 16.4. The standard InChI is InChI=1S/C18H20ClNO2/c1-18(2,3)13-5-4-6-16(11-13)22-12-17(21)20-15-9-7-14(19)8-10-15/h4-11H,12H2,1-3H3,(H,20,21). The molecule has 0 atom stereocenters. The number of nitrogens with one attached hydrogen (secondary N) is 1. The molecule has 2 aromatic rings. The SMILES string of the molecule is CC(C)(C)c1cccc(OCC(=O)Nc2ccc(Cl)cc2)c1. The minimum atomic E-state index is -0.205. The highest BCUT2D eigenvalue weighted by Gasteiger charge is 2.14. The van der Waals surface area contributed by atoms with Crippen LogP contribution < -0.4 is 10.1 Å². The van der Waals surface area contributed by atoms with E-state index >= 15 is 0 Å². The molecule has 2 aromatic carbocycles. The van der Waals surface area contributed by atoms with Gasteiger partial charge >= 0.3 is 0 Å². The number of amides is 1. The van der Waals surface area contributed by atoms with Gasteiger partial charge < -0.3 is 10.1 Å². The first-order valence-corrected chi connectivity index (χ1v) is 7.51. The highest BCUT2D eigenvalue weighted by atomic mass is 35.5. The largest absolute Gasteiger partial charge is 0.484 e. The molecular weight excluding hydrogens is 298 g/mol. The van der Waals surface area contributed by atoms with Crippen molar-refractivity contribution in [2.24, 2.45) is 0 Å². The Hall–Kier alpha value is -2.00. The van der Waals surface area contributed by atoms with Crippen LogP contribution in [0.4, 0.5) is 5.69 Å². The van der Waals surface area contributed by atoms with Gasteiger partial charge in [-0.05, 0) is 47.4 Å². The van der Waals surface area contributed by atoms with Gasteiger partial charge in [0, 0.05) is 10.7 Å². The van der Waals surface area contributed by atoms with Crippen LogP contribution in [0.1, 0.15) is 26.3 Å². The van der Waals surface area contributed by atoms with Gasteiger partial charge in [0.1, 0.15) is 5.75 Å². The van der Waals surface area contributed by atoms with E-state index in [1.165, 1.54) is 5.56 Å². The van der Waals surface area contributed by atoms with Crippen molar-refractivity contribution in [3.63, 3.8) is 0 Å². The minimum Gasteiger partial charge on any atom is -0.484 e. The number of carbonyl (C=O) groups excluding carboxylic acids is 1. The highest BCUT2D eigenvalue weighted by molar-refractivity contribution is 6.30. The lowest BCUT2D eigenvalue weighted by Crippen LogP contribution is -2.20. The summed E-state index contributed by atoms with van der Waals surface area (Å²) in [5, 5.41) is 3.39. The molecule has 0 saturated carbocycles. The molecule has 3 nitrogen and oxygen atoms in total. The van der Waals surface area contributed by atoms with E-state index in [-0.39, 0.29) is 17.9 Å². The van der Waals surface area contributed by atoms with E-state index in [0.717, 1.165) is 0 Å². The lowest BCUT2D eigenvalue weighted by molar-refractivity contribution is -0.118. The van der Waals surface area contributed by atoms with Crippen LogP contribution in [0.3, 0.4) is 0 Å². The second kappa shape index (κ2) is 6.84. The Morgan fingerprint density at radius 3 is 2.45 bits per heavy atom. The number of benzene rings is 2. The summed E-state index contributed by atoms with van der Waals surface area (Å²) in [6.45, 7) is 6.38. The topological polar surface area (TPSA) is 38.3 Å². The number of halogens is 1. The quantitative estimate of drug-likeness (QED) is 0.891. The smallest absolute Gasteiger partial charge is 0.262 e. The van der Waals surface area contributed by atoms with E-state index in [1.54, 1.807) is 24.3 Å². The first-order chi connectivity index (χ1) is 10.3. The average molecular weight is 318 g/mol. The monoisotopic (exact) mass is 317 g/mol. The van der Waals surface area contributed by atoms with E-state index in [2.05, 4.69) is 32.2 Å². The molecule has 0 aliphatic carbocycles. The number of ether oxygens (including phenoxy) is 1. The molecule has 0 aromatic heterocycles. The van der Waals surface area contributed by atoms with E-state index in [9.17, 15) is 4.79 Å². The highest BCUT2D eigenvalue weighted by Crippen LogP contribution is 2.25. The normalized spacial score (nSPS) is 11.1. The van der Waals surface area contributed by atoms with Crippen molar-refractivity contribution in [2.75, 3.05) is 11.9 Å². The lowest BCUT2D eigenvalue weighted by Gasteiger charge is -2.19. The Kier molecular flexibility index (Phi) is 5.09. The molecule has 0 heterocycles. The molecule has 0 aliphatic heterocycles. The van der Waals surface area contributed by atoms with Crippen molar-refractivity contribution >= 4 is 23.2 Å². The van der Waals surface area contributed by atoms with Crippen molar-refractivity contribution in [3.8, 4) is 5.75 Å². The Balaban J connectivity index is 1.92. The maximum absolute atomic E-state index is 11.9. The van der Waals surface area contributed by atoms with Crippen LogP contribution in [0, 0.1) is 0 Å². The van der Waals surface area contributed by atoms with Gasteiger partial charge in [-0.25, -0.2) is 0 Å². The fourth-order valence-electron chi connectivity index (χ4n) is 1.93.